The van der Waals surface area contributed by atoms with Crippen LogP contribution in [0.15, 0.2) is 67.1 Å². The van der Waals surface area contributed by atoms with E-state index in [9.17, 15) is 8.78 Å². The van der Waals surface area contributed by atoms with Crippen molar-refractivity contribution in [3.63, 3.8) is 0 Å². The van der Waals surface area contributed by atoms with E-state index >= 15 is 0 Å². The summed E-state index contributed by atoms with van der Waals surface area (Å²) >= 11 is 1.67. The monoisotopic (exact) mass is 475 g/mol. The number of benzene rings is 3. The van der Waals surface area contributed by atoms with Gasteiger partial charge in [-0.1, -0.05) is 6.07 Å². The van der Waals surface area contributed by atoms with E-state index in [1.54, 1.807) is 31.5 Å². The molecule has 1 saturated carbocycles. The van der Waals surface area contributed by atoms with E-state index in [-0.39, 0.29) is 0 Å². The van der Waals surface area contributed by atoms with Crippen LogP contribution in [-0.2, 0) is 0 Å². The van der Waals surface area contributed by atoms with Crippen molar-refractivity contribution in [3.8, 4) is 16.8 Å². The Hall–Kier alpha value is -3.65. The van der Waals surface area contributed by atoms with Crippen LogP contribution in [0.25, 0.3) is 33.4 Å². The van der Waals surface area contributed by atoms with Crippen molar-refractivity contribution >= 4 is 40.5 Å². The van der Waals surface area contributed by atoms with Gasteiger partial charge in [0.2, 0.25) is 0 Å². The van der Waals surface area contributed by atoms with Gasteiger partial charge in [-0.2, -0.15) is 0 Å². The van der Waals surface area contributed by atoms with Crippen molar-refractivity contribution in [3.05, 3.63) is 84.3 Å². The second kappa shape index (κ2) is 9.30. The molecule has 4 aromatic rings. The van der Waals surface area contributed by atoms with Crippen molar-refractivity contribution in [2.45, 2.75) is 18.1 Å². The SMILES string of the molecule is CN/C=C(\C=N)c1ccc2c(c1)ncn2-c1cc(NSC2CC2)cc(-c2ccc(F)cc2F)c1. The summed E-state index contributed by atoms with van der Waals surface area (Å²) in [5.74, 6) is -1.21. The number of imidazole rings is 1. The lowest BCUT2D eigenvalue weighted by Gasteiger charge is -2.13. The number of anilines is 1. The first-order chi connectivity index (χ1) is 16.6. The molecule has 0 saturated heterocycles. The maximum atomic E-state index is 14.6. The van der Waals surface area contributed by atoms with Gasteiger partial charge in [-0.05, 0) is 78.4 Å². The number of fused-ring (bicyclic) bond motifs is 1. The van der Waals surface area contributed by atoms with E-state index < -0.39 is 11.6 Å². The van der Waals surface area contributed by atoms with Gasteiger partial charge in [0.1, 0.15) is 18.0 Å². The Morgan fingerprint density at radius 1 is 1.12 bits per heavy atom. The predicted molar refractivity (Wildman–Crippen MR) is 136 cm³/mol. The van der Waals surface area contributed by atoms with Crippen LogP contribution in [0.3, 0.4) is 0 Å². The van der Waals surface area contributed by atoms with E-state index in [1.165, 1.54) is 31.2 Å². The van der Waals surface area contributed by atoms with Crippen LogP contribution in [0.5, 0.6) is 0 Å². The number of hydrogen-bond donors (Lipinski definition) is 3. The van der Waals surface area contributed by atoms with Crippen LogP contribution in [0, 0.1) is 17.0 Å². The molecule has 34 heavy (non-hydrogen) atoms. The van der Waals surface area contributed by atoms with Crippen LogP contribution in [0.1, 0.15) is 18.4 Å². The average molecular weight is 476 g/mol. The van der Waals surface area contributed by atoms with Gasteiger partial charge in [0.25, 0.3) is 0 Å². The van der Waals surface area contributed by atoms with Gasteiger partial charge in [-0.15, -0.1) is 0 Å². The molecule has 0 spiro atoms. The lowest BCUT2D eigenvalue weighted by Crippen LogP contribution is -1.98. The summed E-state index contributed by atoms with van der Waals surface area (Å²) in [6, 6.07) is 15.2. The Morgan fingerprint density at radius 2 is 1.97 bits per heavy atom. The fraction of sp³-hybridized carbons (Fsp3) is 0.154. The van der Waals surface area contributed by atoms with Gasteiger partial charge in [0.05, 0.1) is 11.0 Å². The van der Waals surface area contributed by atoms with E-state index in [2.05, 4.69) is 15.0 Å². The molecule has 0 atom stereocenters. The fourth-order valence-electron chi connectivity index (χ4n) is 3.79. The molecule has 3 aromatic carbocycles. The third kappa shape index (κ3) is 4.54. The molecule has 0 bridgehead atoms. The zero-order chi connectivity index (χ0) is 23.7. The smallest absolute Gasteiger partial charge is 0.133 e. The van der Waals surface area contributed by atoms with Crippen molar-refractivity contribution in [2.75, 3.05) is 11.8 Å². The molecule has 0 unspecified atom stereocenters. The quantitative estimate of drug-likeness (QED) is 0.204. The normalized spacial score (nSPS) is 13.8. The van der Waals surface area contributed by atoms with E-state index in [0.717, 1.165) is 39.6 Å². The summed E-state index contributed by atoms with van der Waals surface area (Å²) in [5.41, 5.74) is 5.93. The van der Waals surface area contributed by atoms with E-state index in [1.807, 2.05) is 41.0 Å². The van der Waals surface area contributed by atoms with Crippen LogP contribution in [-0.4, -0.2) is 28.1 Å². The van der Waals surface area contributed by atoms with Gasteiger partial charge in [-0.3, -0.25) is 4.57 Å². The Balaban J connectivity index is 1.59. The highest BCUT2D eigenvalue weighted by atomic mass is 32.2. The summed E-state index contributed by atoms with van der Waals surface area (Å²) in [6.45, 7) is 0. The Labute approximate surface area is 200 Å². The first-order valence-corrected chi connectivity index (χ1v) is 11.8. The Kier molecular flexibility index (Phi) is 6.06. The van der Waals surface area contributed by atoms with Gasteiger partial charge in [0, 0.05) is 53.3 Å². The molecular formula is C26H23F2N5S. The highest BCUT2D eigenvalue weighted by molar-refractivity contribution is 8.01. The zero-order valence-electron chi connectivity index (χ0n) is 18.5. The molecule has 172 valence electrons. The van der Waals surface area contributed by atoms with Crippen molar-refractivity contribution in [1.82, 2.24) is 14.9 Å². The number of hydrogen-bond acceptors (Lipinski definition) is 5. The number of rotatable bonds is 8. The third-order valence-corrected chi connectivity index (χ3v) is 6.80. The van der Waals surface area contributed by atoms with Crippen LogP contribution >= 0.6 is 11.9 Å². The lowest BCUT2D eigenvalue weighted by atomic mass is 10.0. The molecular weight excluding hydrogens is 452 g/mol. The maximum absolute atomic E-state index is 14.6. The topological polar surface area (TPSA) is 65.7 Å². The molecule has 1 aromatic heterocycles. The largest absolute Gasteiger partial charge is 0.393 e. The van der Waals surface area contributed by atoms with Gasteiger partial charge >= 0.3 is 0 Å². The second-order valence-electron chi connectivity index (χ2n) is 8.16. The number of nitrogens with zero attached hydrogens (tertiary/aromatic N) is 2. The molecule has 5 nitrogen and oxygen atoms in total. The summed E-state index contributed by atoms with van der Waals surface area (Å²) in [6.07, 6.45) is 7.17. The minimum atomic E-state index is -0.604. The molecule has 5 rings (SSSR count). The first kappa shape index (κ1) is 22.2. The van der Waals surface area contributed by atoms with Crippen molar-refractivity contribution in [1.29, 1.82) is 5.41 Å². The number of nitrogens with one attached hydrogen (secondary N) is 3. The van der Waals surface area contributed by atoms with Crippen molar-refractivity contribution < 1.29 is 8.78 Å². The van der Waals surface area contributed by atoms with Gasteiger partial charge in [-0.25, -0.2) is 13.8 Å². The molecule has 8 heteroatoms. The molecule has 1 fully saturated rings. The molecule has 3 N–H and O–H groups in total. The highest BCUT2D eigenvalue weighted by Gasteiger charge is 2.22. The second-order valence-corrected chi connectivity index (χ2v) is 9.27. The summed E-state index contributed by atoms with van der Waals surface area (Å²) < 4.78 is 33.5. The summed E-state index contributed by atoms with van der Waals surface area (Å²) in [4.78, 5) is 4.57. The molecule has 1 heterocycles. The van der Waals surface area contributed by atoms with Crippen LogP contribution in [0.4, 0.5) is 14.5 Å². The van der Waals surface area contributed by atoms with Crippen LogP contribution in [0.2, 0.25) is 0 Å². The maximum Gasteiger partial charge on any atom is 0.133 e. The highest BCUT2D eigenvalue weighted by Crippen LogP contribution is 2.37. The minimum absolute atomic E-state index is 0.335. The number of halogens is 2. The Bertz CT molecular complexity index is 1410. The minimum Gasteiger partial charge on any atom is -0.393 e. The van der Waals surface area contributed by atoms with Gasteiger partial charge in [0.15, 0.2) is 0 Å². The van der Waals surface area contributed by atoms with Gasteiger partial charge < -0.3 is 15.4 Å². The zero-order valence-corrected chi connectivity index (χ0v) is 19.3. The lowest BCUT2D eigenvalue weighted by molar-refractivity contribution is 0.585. The Morgan fingerprint density at radius 3 is 2.71 bits per heavy atom. The summed E-state index contributed by atoms with van der Waals surface area (Å²) in [5, 5.41) is 11.2. The predicted octanol–water partition coefficient (Wildman–Crippen LogP) is 6.40. The molecule has 0 aliphatic heterocycles. The molecule has 1 aliphatic carbocycles. The van der Waals surface area contributed by atoms with Crippen molar-refractivity contribution in [2.24, 2.45) is 0 Å². The number of aromatic nitrogens is 2. The summed E-state index contributed by atoms with van der Waals surface area (Å²) in [7, 11) is 1.79. The first-order valence-electron chi connectivity index (χ1n) is 10.9. The van der Waals surface area contributed by atoms with E-state index in [4.69, 9.17) is 5.41 Å². The average Bonchev–Trinajstić information content (AvgIpc) is 3.57. The van der Waals surface area contributed by atoms with Crippen LogP contribution < -0.4 is 10.0 Å². The molecule has 0 amide bonds. The molecule has 1 aliphatic rings. The standard InChI is InChI=1S/C26H23F2N5S/c1-30-14-18(13-29)16-2-7-26-25(10-16)31-15-33(26)21-9-17(23-6-3-19(27)11-24(23)28)8-20(12-21)32-34-22-4-5-22/h2-3,6-15,22,29-30,32H,4-5H2,1H3/b18-14+,29-13?. The number of allylic oxidation sites excluding steroid dienone is 1. The third-order valence-electron chi connectivity index (χ3n) is 5.64. The van der Waals surface area contributed by atoms with E-state index in [0.29, 0.717) is 16.4 Å². The fourth-order valence-corrected chi connectivity index (χ4v) is 4.58. The molecule has 0 radical (unpaired) electrons.